The lowest BCUT2D eigenvalue weighted by atomic mass is 9.93. The number of benzene rings is 2. The van der Waals surface area contributed by atoms with Crippen molar-refractivity contribution in [3.05, 3.63) is 67.6 Å². The number of urea groups is 1. The molecule has 3 atom stereocenters. The summed E-state index contributed by atoms with van der Waals surface area (Å²) < 4.78 is 6.19. The summed E-state index contributed by atoms with van der Waals surface area (Å²) in [7, 11) is 0. The summed E-state index contributed by atoms with van der Waals surface area (Å²) in [5.41, 5.74) is 0.211. The maximum atomic E-state index is 13.4. The topological polar surface area (TPSA) is 92.8 Å². The van der Waals surface area contributed by atoms with Gasteiger partial charge in [0.1, 0.15) is 11.3 Å². The van der Waals surface area contributed by atoms with Gasteiger partial charge in [-0.05, 0) is 73.6 Å². The molecule has 0 spiro atoms. The number of carbonyl (C=O) groups excluding carboxylic acids is 4. The van der Waals surface area contributed by atoms with Crippen molar-refractivity contribution in [3.8, 4) is 5.75 Å². The van der Waals surface area contributed by atoms with Gasteiger partial charge in [-0.1, -0.05) is 45.6 Å². The standard InChI is InChI=1S/C25H19BrCl2N2O5/c26-15-3-6-21(35-24(33)17-5-4-16(27)11-19(17)28)14(9-15)10-18-22(31)29-25(34)30(23(18)32)20-8-12-1-2-13(20)7-12/h3-6,9-13,20H,1-2,7-8H2,(H,29,31,34)/b18-10-/t12-,13-,20-/m0/s1. The predicted molar refractivity (Wildman–Crippen MR) is 133 cm³/mol. The molecule has 180 valence electrons. The number of hydrogen-bond acceptors (Lipinski definition) is 5. The zero-order valence-electron chi connectivity index (χ0n) is 18.2. The fourth-order valence-corrected chi connectivity index (χ4v) is 6.05. The van der Waals surface area contributed by atoms with E-state index in [0.717, 1.165) is 25.7 Å². The molecule has 5 rings (SSSR count). The highest BCUT2D eigenvalue weighted by atomic mass is 79.9. The average Bonchev–Trinajstić information content (AvgIpc) is 3.42. The number of carbonyl (C=O) groups is 4. The quantitative estimate of drug-likeness (QED) is 0.220. The molecule has 1 heterocycles. The Kier molecular flexibility index (Phi) is 6.46. The third-order valence-electron chi connectivity index (χ3n) is 6.79. The molecule has 3 fully saturated rings. The number of esters is 1. The number of imide groups is 2. The fraction of sp³-hybridized carbons (Fsp3) is 0.280. The van der Waals surface area contributed by atoms with Crippen LogP contribution in [0.3, 0.4) is 0 Å². The number of ether oxygens (including phenoxy) is 1. The average molecular weight is 578 g/mol. The van der Waals surface area contributed by atoms with Gasteiger partial charge < -0.3 is 4.74 Å². The summed E-state index contributed by atoms with van der Waals surface area (Å²) in [6.07, 6.45) is 5.16. The van der Waals surface area contributed by atoms with E-state index in [1.807, 2.05) is 0 Å². The SMILES string of the molecule is O=C1NC(=O)N([C@H]2C[C@H]3CC[C@H]2C3)C(=O)/C1=C\c1cc(Br)ccc1OC(=O)c1ccc(Cl)cc1Cl. The number of amides is 4. The highest BCUT2D eigenvalue weighted by molar-refractivity contribution is 9.10. The molecule has 1 saturated heterocycles. The van der Waals surface area contributed by atoms with E-state index in [9.17, 15) is 19.2 Å². The van der Waals surface area contributed by atoms with Crippen LogP contribution in [-0.4, -0.2) is 34.8 Å². The van der Waals surface area contributed by atoms with E-state index in [1.165, 1.54) is 35.2 Å². The summed E-state index contributed by atoms with van der Waals surface area (Å²) in [5.74, 6) is -1.29. The molecule has 2 aliphatic carbocycles. The molecule has 0 unspecified atom stereocenters. The molecule has 3 aliphatic rings. The number of rotatable bonds is 4. The number of nitrogens with zero attached hydrogens (tertiary/aromatic N) is 1. The first-order chi connectivity index (χ1) is 16.7. The minimum Gasteiger partial charge on any atom is -0.422 e. The largest absolute Gasteiger partial charge is 0.422 e. The molecule has 7 nitrogen and oxygen atoms in total. The van der Waals surface area contributed by atoms with Crippen molar-refractivity contribution in [3.63, 3.8) is 0 Å². The number of halogens is 3. The Morgan fingerprint density at radius 3 is 2.57 bits per heavy atom. The van der Waals surface area contributed by atoms with Crippen molar-refractivity contribution in [2.24, 2.45) is 11.8 Å². The van der Waals surface area contributed by atoms with E-state index in [2.05, 4.69) is 21.2 Å². The van der Waals surface area contributed by atoms with Crippen LogP contribution < -0.4 is 10.1 Å². The molecule has 1 N–H and O–H groups in total. The molecule has 2 bridgehead atoms. The monoisotopic (exact) mass is 576 g/mol. The molecule has 0 radical (unpaired) electrons. The van der Waals surface area contributed by atoms with Crippen LogP contribution in [0, 0.1) is 11.8 Å². The minimum absolute atomic E-state index is 0.108. The van der Waals surface area contributed by atoms with Gasteiger partial charge in [0, 0.05) is 21.1 Å². The highest BCUT2D eigenvalue weighted by Gasteiger charge is 2.49. The van der Waals surface area contributed by atoms with E-state index < -0.39 is 23.8 Å². The second kappa shape index (κ2) is 9.41. The van der Waals surface area contributed by atoms with Gasteiger partial charge in [0.2, 0.25) is 0 Å². The van der Waals surface area contributed by atoms with Crippen LogP contribution in [0.25, 0.3) is 6.08 Å². The van der Waals surface area contributed by atoms with Gasteiger partial charge in [0.15, 0.2) is 0 Å². The van der Waals surface area contributed by atoms with Gasteiger partial charge in [-0.25, -0.2) is 9.59 Å². The minimum atomic E-state index is -0.794. The second-order valence-corrected chi connectivity index (χ2v) is 10.7. The lowest BCUT2D eigenvalue weighted by molar-refractivity contribution is -0.132. The third kappa shape index (κ3) is 4.62. The summed E-state index contributed by atoms with van der Waals surface area (Å²) >= 11 is 15.4. The van der Waals surface area contributed by atoms with Crippen LogP contribution in [0.1, 0.15) is 41.6 Å². The molecule has 2 aromatic carbocycles. The third-order valence-corrected chi connectivity index (χ3v) is 7.83. The van der Waals surface area contributed by atoms with E-state index >= 15 is 0 Å². The van der Waals surface area contributed by atoms with Gasteiger partial charge in [0.05, 0.1) is 10.6 Å². The van der Waals surface area contributed by atoms with Crippen molar-refractivity contribution in [1.82, 2.24) is 10.2 Å². The van der Waals surface area contributed by atoms with E-state index in [1.54, 1.807) is 12.1 Å². The Balaban J connectivity index is 1.46. The molecule has 35 heavy (non-hydrogen) atoms. The lowest BCUT2D eigenvalue weighted by Gasteiger charge is -2.35. The van der Waals surface area contributed by atoms with Crippen LogP contribution in [0.4, 0.5) is 4.79 Å². The Labute approximate surface area is 219 Å². The smallest absolute Gasteiger partial charge is 0.345 e. The van der Waals surface area contributed by atoms with E-state index in [0.29, 0.717) is 21.0 Å². The van der Waals surface area contributed by atoms with Crippen LogP contribution in [0.5, 0.6) is 5.75 Å². The molecular formula is C25H19BrCl2N2O5. The molecular weight excluding hydrogens is 559 g/mol. The maximum Gasteiger partial charge on any atom is 0.345 e. The first-order valence-corrected chi connectivity index (χ1v) is 12.6. The second-order valence-electron chi connectivity index (χ2n) is 8.93. The summed E-state index contributed by atoms with van der Waals surface area (Å²) in [6, 6.07) is 8.28. The maximum absolute atomic E-state index is 13.4. The number of nitrogens with one attached hydrogen (secondary N) is 1. The van der Waals surface area contributed by atoms with E-state index in [4.69, 9.17) is 27.9 Å². The van der Waals surface area contributed by atoms with Gasteiger partial charge in [-0.2, -0.15) is 0 Å². The summed E-state index contributed by atoms with van der Waals surface area (Å²) in [6.45, 7) is 0. The van der Waals surface area contributed by atoms with Crippen molar-refractivity contribution in [2.75, 3.05) is 0 Å². The fourth-order valence-electron chi connectivity index (χ4n) is 5.19. The van der Waals surface area contributed by atoms with Gasteiger partial charge >= 0.3 is 12.0 Å². The van der Waals surface area contributed by atoms with E-state index in [-0.39, 0.29) is 33.9 Å². The van der Waals surface area contributed by atoms with Gasteiger partial charge in [0.25, 0.3) is 11.8 Å². The molecule has 2 aromatic rings. The predicted octanol–water partition coefficient (Wildman–Crippen LogP) is 5.63. The Hall–Kier alpha value is -2.68. The first kappa shape index (κ1) is 24.0. The number of hydrogen-bond donors (Lipinski definition) is 1. The van der Waals surface area contributed by atoms with Crippen molar-refractivity contribution >= 4 is 69.0 Å². The van der Waals surface area contributed by atoms with Crippen LogP contribution in [0.2, 0.25) is 10.0 Å². The van der Waals surface area contributed by atoms with Crippen LogP contribution >= 0.6 is 39.1 Å². The van der Waals surface area contributed by atoms with Crippen molar-refractivity contribution < 1.29 is 23.9 Å². The summed E-state index contributed by atoms with van der Waals surface area (Å²) in [4.78, 5) is 52.6. The molecule has 1 aliphatic heterocycles. The number of barbiturate groups is 1. The van der Waals surface area contributed by atoms with Gasteiger partial charge in [-0.15, -0.1) is 0 Å². The van der Waals surface area contributed by atoms with Gasteiger partial charge in [-0.3, -0.25) is 19.8 Å². The Bertz CT molecular complexity index is 1310. The zero-order valence-corrected chi connectivity index (χ0v) is 21.3. The van der Waals surface area contributed by atoms with Crippen molar-refractivity contribution in [1.29, 1.82) is 0 Å². The Morgan fingerprint density at radius 1 is 1.09 bits per heavy atom. The van der Waals surface area contributed by atoms with Crippen molar-refractivity contribution in [2.45, 2.75) is 31.7 Å². The molecule has 4 amide bonds. The molecule has 10 heteroatoms. The molecule has 0 aromatic heterocycles. The molecule has 2 saturated carbocycles. The summed E-state index contributed by atoms with van der Waals surface area (Å²) in [5, 5.41) is 2.79. The zero-order chi connectivity index (χ0) is 24.9. The Morgan fingerprint density at radius 2 is 1.89 bits per heavy atom. The first-order valence-electron chi connectivity index (χ1n) is 11.1. The van der Waals surface area contributed by atoms with Crippen LogP contribution in [-0.2, 0) is 9.59 Å². The lowest BCUT2D eigenvalue weighted by Crippen LogP contribution is -2.58. The van der Waals surface area contributed by atoms with Crippen LogP contribution in [0.15, 0.2) is 46.4 Å². The number of fused-ring (bicyclic) bond motifs is 2. The highest BCUT2D eigenvalue weighted by Crippen LogP contribution is 2.47. The normalized spacial score (nSPS) is 24.8.